The summed E-state index contributed by atoms with van der Waals surface area (Å²) in [5.74, 6) is 2.94. The molecule has 2 N–H and O–H groups in total. The lowest BCUT2D eigenvalue weighted by molar-refractivity contribution is 0.174. The number of aromatic nitrogens is 2. The smallest absolute Gasteiger partial charge is 0.231 e. The van der Waals surface area contributed by atoms with Gasteiger partial charge in [0.1, 0.15) is 5.82 Å². The monoisotopic (exact) mass is 327 g/mol. The Morgan fingerprint density at radius 1 is 1.04 bits per heavy atom. The van der Waals surface area contributed by atoms with Crippen LogP contribution in [0.4, 0.5) is 11.8 Å². The van der Waals surface area contributed by atoms with Gasteiger partial charge >= 0.3 is 0 Å². The lowest BCUT2D eigenvalue weighted by atomic mass is 10.1. The van der Waals surface area contributed by atoms with Crippen molar-refractivity contribution in [1.29, 1.82) is 0 Å². The summed E-state index contributed by atoms with van der Waals surface area (Å²) in [4.78, 5) is 13.2. The van der Waals surface area contributed by atoms with E-state index >= 15 is 0 Å². The molecule has 1 saturated heterocycles. The number of ether oxygens (including phenoxy) is 2. The number of nitrogen functional groups attached to an aromatic ring is 1. The van der Waals surface area contributed by atoms with Crippen molar-refractivity contribution in [2.45, 2.75) is 13.5 Å². The number of rotatable bonds is 3. The molecule has 7 nitrogen and oxygen atoms in total. The van der Waals surface area contributed by atoms with Crippen molar-refractivity contribution in [3.05, 3.63) is 35.5 Å². The number of aryl methyl sites for hydroxylation is 1. The van der Waals surface area contributed by atoms with E-state index in [1.165, 1.54) is 5.56 Å². The van der Waals surface area contributed by atoms with E-state index in [0.29, 0.717) is 12.7 Å². The zero-order valence-electron chi connectivity index (χ0n) is 13.7. The van der Waals surface area contributed by atoms with Crippen LogP contribution in [0.1, 0.15) is 11.3 Å². The standard InChI is InChI=1S/C17H21N5O2/c1-12-8-16(20-17(18)19-12)22-6-4-21(5-7-22)10-13-2-3-14-15(9-13)24-11-23-14/h2-3,8-9H,4-7,10-11H2,1H3,(H2,18,19,20). The summed E-state index contributed by atoms with van der Waals surface area (Å²) in [6, 6.07) is 8.15. The first kappa shape index (κ1) is 15.0. The van der Waals surface area contributed by atoms with Gasteiger partial charge in [-0.25, -0.2) is 4.98 Å². The summed E-state index contributed by atoms with van der Waals surface area (Å²) in [6.07, 6.45) is 0. The van der Waals surface area contributed by atoms with Crippen molar-refractivity contribution < 1.29 is 9.47 Å². The molecule has 24 heavy (non-hydrogen) atoms. The quantitative estimate of drug-likeness (QED) is 0.913. The third kappa shape index (κ3) is 3.07. The van der Waals surface area contributed by atoms with Crippen molar-refractivity contribution in [3.63, 3.8) is 0 Å². The minimum absolute atomic E-state index is 0.318. The largest absolute Gasteiger partial charge is 0.454 e. The van der Waals surface area contributed by atoms with Gasteiger partial charge in [-0.2, -0.15) is 4.98 Å². The molecule has 0 radical (unpaired) electrons. The first-order valence-corrected chi connectivity index (χ1v) is 8.14. The van der Waals surface area contributed by atoms with Crippen LogP contribution in [0.15, 0.2) is 24.3 Å². The number of benzene rings is 1. The van der Waals surface area contributed by atoms with E-state index in [-0.39, 0.29) is 0 Å². The Morgan fingerprint density at radius 3 is 2.62 bits per heavy atom. The van der Waals surface area contributed by atoms with Gasteiger partial charge in [0.25, 0.3) is 0 Å². The van der Waals surface area contributed by atoms with Gasteiger partial charge in [-0.3, -0.25) is 4.90 Å². The van der Waals surface area contributed by atoms with Crippen molar-refractivity contribution >= 4 is 11.8 Å². The Labute approximate surface area is 141 Å². The van der Waals surface area contributed by atoms with Gasteiger partial charge in [-0.05, 0) is 24.6 Å². The molecular weight excluding hydrogens is 306 g/mol. The second-order valence-corrected chi connectivity index (χ2v) is 6.18. The van der Waals surface area contributed by atoms with Crippen LogP contribution in [-0.2, 0) is 6.54 Å². The van der Waals surface area contributed by atoms with E-state index < -0.39 is 0 Å². The highest BCUT2D eigenvalue weighted by atomic mass is 16.7. The van der Waals surface area contributed by atoms with Gasteiger partial charge in [0.2, 0.25) is 12.7 Å². The lowest BCUT2D eigenvalue weighted by Gasteiger charge is -2.35. The summed E-state index contributed by atoms with van der Waals surface area (Å²) >= 11 is 0. The first-order chi connectivity index (χ1) is 11.7. The third-order valence-corrected chi connectivity index (χ3v) is 4.40. The van der Waals surface area contributed by atoms with Crippen LogP contribution in [0.2, 0.25) is 0 Å². The average molecular weight is 327 g/mol. The van der Waals surface area contributed by atoms with Gasteiger partial charge in [0.15, 0.2) is 11.5 Å². The number of nitrogens with zero attached hydrogens (tertiary/aromatic N) is 4. The van der Waals surface area contributed by atoms with Crippen LogP contribution in [0, 0.1) is 6.92 Å². The van der Waals surface area contributed by atoms with E-state index in [0.717, 1.165) is 55.7 Å². The molecule has 3 heterocycles. The zero-order chi connectivity index (χ0) is 16.5. The molecule has 0 unspecified atom stereocenters. The van der Waals surface area contributed by atoms with Gasteiger partial charge in [-0.15, -0.1) is 0 Å². The minimum atomic E-state index is 0.318. The zero-order valence-corrected chi connectivity index (χ0v) is 13.7. The van der Waals surface area contributed by atoms with E-state index in [9.17, 15) is 0 Å². The maximum absolute atomic E-state index is 5.76. The lowest BCUT2D eigenvalue weighted by Crippen LogP contribution is -2.46. The highest BCUT2D eigenvalue weighted by molar-refractivity contribution is 5.45. The van der Waals surface area contributed by atoms with Crippen molar-refractivity contribution in [1.82, 2.24) is 14.9 Å². The summed E-state index contributed by atoms with van der Waals surface area (Å²) in [7, 11) is 0. The Balaban J connectivity index is 1.37. The van der Waals surface area contributed by atoms with Crippen LogP contribution in [0.3, 0.4) is 0 Å². The number of hydrogen-bond acceptors (Lipinski definition) is 7. The predicted octanol–water partition coefficient (Wildman–Crippen LogP) is 1.42. The number of fused-ring (bicyclic) bond motifs is 1. The molecule has 1 fully saturated rings. The second-order valence-electron chi connectivity index (χ2n) is 6.18. The van der Waals surface area contributed by atoms with Gasteiger partial charge in [0.05, 0.1) is 0 Å². The van der Waals surface area contributed by atoms with Crippen molar-refractivity contribution in [2.24, 2.45) is 0 Å². The molecule has 0 saturated carbocycles. The number of hydrogen-bond donors (Lipinski definition) is 1. The summed E-state index contributed by atoms with van der Waals surface area (Å²) < 4.78 is 10.8. The molecule has 2 aliphatic heterocycles. The van der Waals surface area contributed by atoms with E-state index in [1.807, 2.05) is 19.1 Å². The Bertz CT molecular complexity index is 724. The number of anilines is 2. The van der Waals surface area contributed by atoms with Crippen LogP contribution in [0.25, 0.3) is 0 Å². The van der Waals surface area contributed by atoms with E-state index in [1.54, 1.807) is 0 Å². The van der Waals surface area contributed by atoms with Crippen molar-refractivity contribution in [2.75, 3.05) is 43.6 Å². The predicted molar refractivity (Wildman–Crippen MR) is 91.2 cm³/mol. The Kier molecular flexibility index (Phi) is 3.86. The maximum atomic E-state index is 5.76. The molecule has 0 amide bonds. The normalized spacial score (nSPS) is 17.3. The molecular formula is C17H21N5O2. The Morgan fingerprint density at radius 2 is 1.83 bits per heavy atom. The van der Waals surface area contributed by atoms with Gasteiger partial charge < -0.3 is 20.1 Å². The van der Waals surface area contributed by atoms with Crippen LogP contribution in [-0.4, -0.2) is 47.8 Å². The maximum Gasteiger partial charge on any atom is 0.231 e. The fraction of sp³-hybridized carbons (Fsp3) is 0.412. The molecule has 4 rings (SSSR count). The average Bonchev–Trinajstić information content (AvgIpc) is 3.02. The number of piperazine rings is 1. The fourth-order valence-corrected chi connectivity index (χ4v) is 3.17. The summed E-state index contributed by atoms with van der Waals surface area (Å²) in [6.45, 7) is 7.00. The number of nitrogens with two attached hydrogens (primary N) is 1. The second kappa shape index (κ2) is 6.16. The van der Waals surface area contributed by atoms with Crippen LogP contribution >= 0.6 is 0 Å². The molecule has 1 aromatic carbocycles. The molecule has 0 bridgehead atoms. The molecule has 7 heteroatoms. The third-order valence-electron chi connectivity index (χ3n) is 4.40. The molecule has 2 aromatic rings. The van der Waals surface area contributed by atoms with E-state index in [4.69, 9.17) is 15.2 Å². The molecule has 1 aromatic heterocycles. The summed E-state index contributed by atoms with van der Waals surface area (Å²) in [5, 5.41) is 0. The van der Waals surface area contributed by atoms with Gasteiger partial charge in [0, 0.05) is 44.5 Å². The SMILES string of the molecule is Cc1cc(N2CCN(Cc3ccc4c(c3)OCO4)CC2)nc(N)n1. The Hall–Kier alpha value is -2.54. The summed E-state index contributed by atoms with van der Waals surface area (Å²) in [5.41, 5.74) is 7.91. The highest BCUT2D eigenvalue weighted by Crippen LogP contribution is 2.32. The fourth-order valence-electron chi connectivity index (χ4n) is 3.17. The molecule has 126 valence electrons. The van der Waals surface area contributed by atoms with Gasteiger partial charge in [-0.1, -0.05) is 6.07 Å². The molecule has 2 aliphatic rings. The van der Waals surface area contributed by atoms with Crippen LogP contribution < -0.4 is 20.1 Å². The van der Waals surface area contributed by atoms with Crippen LogP contribution in [0.5, 0.6) is 11.5 Å². The molecule has 0 atom stereocenters. The molecule has 0 aliphatic carbocycles. The minimum Gasteiger partial charge on any atom is -0.454 e. The van der Waals surface area contributed by atoms with E-state index in [2.05, 4.69) is 31.9 Å². The molecule has 0 spiro atoms. The topological polar surface area (TPSA) is 76.7 Å². The van der Waals surface area contributed by atoms with Crippen molar-refractivity contribution in [3.8, 4) is 11.5 Å². The highest BCUT2D eigenvalue weighted by Gasteiger charge is 2.20. The first-order valence-electron chi connectivity index (χ1n) is 8.14.